The molecule has 1 fully saturated rings. The molecule has 1 saturated carbocycles. The minimum Gasteiger partial charge on any atom is -0.448 e. The van der Waals surface area contributed by atoms with Crippen molar-refractivity contribution < 1.29 is 9.53 Å². The first kappa shape index (κ1) is 13.2. The van der Waals surface area contributed by atoms with Crippen molar-refractivity contribution in [2.45, 2.75) is 12.8 Å². The van der Waals surface area contributed by atoms with E-state index in [4.69, 9.17) is 22.3 Å². The van der Waals surface area contributed by atoms with Gasteiger partial charge in [-0.2, -0.15) is 0 Å². The Balaban J connectivity index is 1.64. The maximum atomic E-state index is 11.4. The first-order chi connectivity index (χ1) is 8.54. The molecular formula is C9H19N7O2. The maximum Gasteiger partial charge on any atom is 0.424 e. The molecule has 2 bridgehead atoms. The van der Waals surface area contributed by atoms with Crippen LogP contribution in [0.15, 0.2) is 12.2 Å². The molecule has 1 amide bonds. The lowest BCUT2D eigenvalue weighted by Gasteiger charge is -2.22. The van der Waals surface area contributed by atoms with Crippen LogP contribution < -0.4 is 28.5 Å². The van der Waals surface area contributed by atoms with Crippen molar-refractivity contribution in [1.29, 1.82) is 0 Å². The van der Waals surface area contributed by atoms with Gasteiger partial charge in [-0.15, -0.1) is 10.8 Å². The summed E-state index contributed by atoms with van der Waals surface area (Å²) in [4.78, 5) is 11.4. The van der Waals surface area contributed by atoms with E-state index in [1.807, 2.05) is 0 Å². The molecule has 0 aromatic carbocycles. The van der Waals surface area contributed by atoms with Gasteiger partial charge in [0.25, 0.3) is 0 Å². The van der Waals surface area contributed by atoms with Gasteiger partial charge in [-0.25, -0.2) is 27.7 Å². The van der Waals surface area contributed by atoms with Crippen molar-refractivity contribution in [3.05, 3.63) is 12.2 Å². The van der Waals surface area contributed by atoms with Crippen LogP contribution in [0.4, 0.5) is 4.79 Å². The predicted molar refractivity (Wildman–Crippen MR) is 62.7 cm³/mol. The number of allylic oxidation sites excluding steroid dienone is 2. The lowest BCUT2D eigenvalue weighted by atomic mass is 9.95. The standard InChI is InChI=1S/C9H19N7O2/c10-15(11)14-16(12)13-9(17)18-5-8-4-6-1-2-7(8)3-6/h1-2,6-8,14H,3-5,10-12H2,(H,13,17). The molecule has 18 heavy (non-hydrogen) atoms. The predicted octanol–water partition coefficient (Wildman–Crippen LogP) is -1.52. The van der Waals surface area contributed by atoms with Crippen LogP contribution in [-0.4, -0.2) is 23.2 Å². The van der Waals surface area contributed by atoms with Crippen LogP contribution in [-0.2, 0) is 4.74 Å². The van der Waals surface area contributed by atoms with Gasteiger partial charge in [0.05, 0.1) is 6.61 Å². The summed E-state index contributed by atoms with van der Waals surface area (Å²) in [6, 6.07) is 0. The summed E-state index contributed by atoms with van der Waals surface area (Å²) in [5.74, 6) is 17.0. The quantitative estimate of drug-likeness (QED) is 0.228. The molecule has 9 nitrogen and oxygen atoms in total. The Labute approximate surface area is 105 Å². The highest BCUT2D eigenvalue weighted by Gasteiger charge is 2.36. The van der Waals surface area contributed by atoms with Crippen molar-refractivity contribution in [3.63, 3.8) is 0 Å². The number of amides is 1. The Morgan fingerprint density at radius 1 is 1.33 bits per heavy atom. The fraction of sp³-hybridized carbons (Fsp3) is 0.667. The SMILES string of the molecule is NN(N)NN(N)NC(=O)OCC1CC2C=CC1C2. The number of nitrogens with zero attached hydrogens (tertiary/aromatic N) is 2. The first-order valence-electron chi connectivity index (χ1n) is 5.77. The van der Waals surface area contributed by atoms with Crippen LogP contribution in [0.3, 0.4) is 0 Å². The van der Waals surface area contributed by atoms with E-state index < -0.39 is 6.09 Å². The summed E-state index contributed by atoms with van der Waals surface area (Å²) in [7, 11) is 0. The molecule has 9 heteroatoms. The largest absolute Gasteiger partial charge is 0.448 e. The minimum absolute atomic E-state index is 0.389. The lowest BCUT2D eigenvalue weighted by molar-refractivity contribution is -0.0199. The number of hydrogen-bond acceptors (Lipinski definition) is 8. The summed E-state index contributed by atoms with van der Waals surface area (Å²) in [6.07, 6.45) is 6.05. The van der Waals surface area contributed by atoms with Gasteiger partial charge in [-0.1, -0.05) is 17.4 Å². The van der Waals surface area contributed by atoms with Crippen LogP contribution in [0.5, 0.6) is 0 Å². The average molecular weight is 257 g/mol. The number of nitrogens with two attached hydrogens (primary N) is 3. The van der Waals surface area contributed by atoms with E-state index in [1.54, 1.807) is 0 Å². The molecule has 0 spiro atoms. The van der Waals surface area contributed by atoms with Gasteiger partial charge in [0.15, 0.2) is 0 Å². The second-order valence-electron chi connectivity index (χ2n) is 4.63. The summed E-state index contributed by atoms with van der Waals surface area (Å²) >= 11 is 0. The number of fused-ring (bicyclic) bond motifs is 2. The minimum atomic E-state index is -0.654. The molecule has 0 aliphatic heterocycles. The zero-order valence-electron chi connectivity index (χ0n) is 9.95. The lowest BCUT2D eigenvalue weighted by Crippen LogP contribution is -2.64. The van der Waals surface area contributed by atoms with Gasteiger partial charge in [-0.05, 0) is 24.7 Å². The van der Waals surface area contributed by atoms with Gasteiger partial charge in [0.2, 0.25) is 0 Å². The van der Waals surface area contributed by atoms with Gasteiger partial charge < -0.3 is 4.74 Å². The second-order valence-corrected chi connectivity index (χ2v) is 4.63. The molecule has 0 aromatic heterocycles. The van der Waals surface area contributed by atoms with Crippen molar-refractivity contribution in [3.8, 4) is 0 Å². The Kier molecular flexibility index (Phi) is 4.11. The second kappa shape index (κ2) is 5.61. The van der Waals surface area contributed by atoms with Crippen molar-refractivity contribution in [2.75, 3.05) is 6.61 Å². The normalized spacial score (nSPS) is 29.3. The number of hydrogen-bond donors (Lipinski definition) is 5. The molecule has 0 saturated heterocycles. The Morgan fingerprint density at radius 2 is 2.11 bits per heavy atom. The fourth-order valence-corrected chi connectivity index (χ4v) is 2.55. The Bertz CT molecular complexity index is 335. The molecule has 2 rings (SSSR count). The molecule has 8 N–H and O–H groups in total. The molecular weight excluding hydrogens is 238 g/mol. The van der Waals surface area contributed by atoms with Crippen LogP contribution in [0, 0.1) is 17.8 Å². The number of carbonyl (C=O) groups is 1. The van der Waals surface area contributed by atoms with Crippen molar-refractivity contribution in [2.24, 2.45) is 35.3 Å². The first-order valence-corrected chi connectivity index (χ1v) is 5.77. The molecule has 0 heterocycles. The van der Waals surface area contributed by atoms with Crippen molar-refractivity contribution >= 4 is 6.09 Å². The summed E-state index contributed by atoms with van der Waals surface area (Å²) in [5.41, 5.74) is 4.40. The molecule has 3 unspecified atom stereocenters. The maximum absolute atomic E-state index is 11.4. The van der Waals surface area contributed by atoms with E-state index in [1.165, 1.54) is 6.42 Å². The number of carbonyl (C=O) groups excluding carboxylic acids is 1. The van der Waals surface area contributed by atoms with E-state index in [9.17, 15) is 4.79 Å². The van der Waals surface area contributed by atoms with E-state index in [-0.39, 0.29) is 0 Å². The van der Waals surface area contributed by atoms with Gasteiger partial charge in [0.1, 0.15) is 0 Å². The zero-order chi connectivity index (χ0) is 13.1. The third-order valence-corrected chi connectivity index (χ3v) is 3.28. The molecule has 0 aromatic rings. The Morgan fingerprint density at radius 3 is 2.67 bits per heavy atom. The Hall–Kier alpha value is -1.23. The smallest absolute Gasteiger partial charge is 0.424 e. The zero-order valence-corrected chi connectivity index (χ0v) is 9.95. The molecule has 2 aliphatic carbocycles. The molecule has 2 aliphatic rings. The fourth-order valence-electron chi connectivity index (χ4n) is 2.55. The molecule has 3 atom stereocenters. The molecule has 0 radical (unpaired) electrons. The third-order valence-electron chi connectivity index (χ3n) is 3.28. The topological polar surface area (TPSA) is 135 Å². The number of rotatable bonds is 5. The van der Waals surface area contributed by atoms with Crippen molar-refractivity contribution in [1.82, 2.24) is 21.4 Å². The highest BCUT2D eigenvalue weighted by Crippen LogP contribution is 2.43. The highest BCUT2D eigenvalue weighted by atomic mass is 16.6. The average Bonchev–Trinajstić information content (AvgIpc) is 2.86. The number of nitrogens with one attached hydrogen (secondary N) is 2. The monoisotopic (exact) mass is 257 g/mol. The van der Waals surface area contributed by atoms with E-state index in [0.29, 0.717) is 34.8 Å². The summed E-state index contributed by atoms with van der Waals surface area (Å²) < 4.78 is 5.09. The third kappa shape index (κ3) is 3.38. The summed E-state index contributed by atoms with van der Waals surface area (Å²) in [5, 5.41) is 1.31. The van der Waals surface area contributed by atoms with Crippen LogP contribution >= 0.6 is 0 Å². The van der Waals surface area contributed by atoms with Gasteiger partial charge in [0, 0.05) is 5.92 Å². The van der Waals surface area contributed by atoms with E-state index in [2.05, 4.69) is 23.1 Å². The van der Waals surface area contributed by atoms with Crippen LogP contribution in [0.1, 0.15) is 12.8 Å². The van der Waals surface area contributed by atoms with Gasteiger partial charge >= 0.3 is 6.09 Å². The molecule has 102 valence electrons. The van der Waals surface area contributed by atoms with Gasteiger partial charge in [-0.3, -0.25) is 0 Å². The van der Waals surface area contributed by atoms with Crippen LogP contribution in [0.25, 0.3) is 0 Å². The number of ether oxygens (including phenoxy) is 1. The number of hydrazine groups is 6. The van der Waals surface area contributed by atoms with E-state index >= 15 is 0 Å². The van der Waals surface area contributed by atoms with E-state index in [0.717, 1.165) is 6.42 Å². The van der Waals surface area contributed by atoms with Crippen LogP contribution in [0.2, 0.25) is 0 Å². The highest BCUT2D eigenvalue weighted by molar-refractivity contribution is 5.66. The summed E-state index contributed by atoms with van der Waals surface area (Å²) in [6.45, 7) is 0.389.